The first-order valence-corrected chi connectivity index (χ1v) is 15.6. The summed E-state index contributed by atoms with van der Waals surface area (Å²) in [6.07, 6.45) is -3.29. The number of hydrogen-bond acceptors (Lipinski definition) is 6. The van der Waals surface area contributed by atoms with Gasteiger partial charge in [0.1, 0.15) is 18.0 Å². The number of thiazole rings is 1. The van der Waals surface area contributed by atoms with E-state index >= 15 is 0 Å². The number of nitrogens with zero attached hydrogens (tertiary/aromatic N) is 3. The van der Waals surface area contributed by atoms with Gasteiger partial charge in [-0.3, -0.25) is 4.98 Å². The molecule has 0 radical (unpaired) electrons. The smallest absolute Gasteiger partial charge is 0.416 e. The van der Waals surface area contributed by atoms with Gasteiger partial charge in [-0.2, -0.15) is 13.2 Å². The molecule has 0 saturated carbocycles. The molecule has 6 rings (SSSR count). The zero-order valence-corrected chi connectivity index (χ0v) is 25.8. The molecule has 0 saturated heterocycles. The predicted molar refractivity (Wildman–Crippen MR) is 168 cm³/mol. The summed E-state index contributed by atoms with van der Waals surface area (Å²) < 4.78 is 62.5. The number of anilines is 1. The maximum absolute atomic E-state index is 15.0. The molecule has 1 amide bonds. The molecule has 0 aliphatic carbocycles. The highest BCUT2D eigenvalue weighted by Gasteiger charge is 2.41. The van der Waals surface area contributed by atoms with Crippen LogP contribution >= 0.6 is 22.9 Å². The molecule has 5 aromatic rings. The molecule has 1 aliphatic heterocycles. The van der Waals surface area contributed by atoms with E-state index in [9.17, 15) is 22.4 Å². The van der Waals surface area contributed by atoms with E-state index in [1.807, 2.05) is 60.7 Å². The highest BCUT2D eigenvalue weighted by Crippen LogP contribution is 2.41. The molecule has 12 heteroatoms. The minimum absolute atomic E-state index is 0.0118. The van der Waals surface area contributed by atoms with Crippen LogP contribution in [0.15, 0.2) is 97.2 Å². The predicted octanol–water partition coefficient (Wildman–Crippen LogP) is 8.64. The fourth-order valence-corrected chi connectivity index (χ4v) is 6.66. The van der Waals surface area contributed by atoms with Gasteiger partial charge in [0.15, 0.2) is 5.13 Å². The molecule has 1 aliphatic rings. The molecule has 3 aromatic carbocycles. The fourth-order valence-electron chi connectivity index (χ4n) is 5.45. The van der Waals surface area contributed by atoms with Crippen LogP contribution in [0.4, 0.5) is 27.5 Å². The molecular weight excluding hydrogens is 640 g/mol. The normalized spacial score (nSPS) is 14.3. The quantitative estimate of drug-likeness (QED) is 0.168. The van der Waals surface area contributed by atoms with E-state index in [0.29, 0.717) is 34.9 Å². The van der Waals surface area contributed by atoms with Crippen LogP contribution in [0, 0.1) is 5.82 Å². The number of fused-ring (bicyclic) bond motifs is 1. The van der Waals surface area contributed by atoms with Crippen LogP contribution in [-0.4, -0.2) is 27.5 Å². The first-order chi connectivity index (χ1) is 22.1. The lowest BCUT2D eigenvalue weighted by Crippen LogP contribution is -2.40. The summed E-state index contributed by atoms with van der Waals surface area (Å²) in [7, 11) is 0. The Morgan fingerprint density at radius 2 is 1.65 bits per heavy atom. The van der Waals surface area contributed by atoms with E-state index < -0.39 is 29.2 Å². The van der Waals surface area contributed by atoms with E-state index in [2.05, 4.69) is 10.3 Å². The molecule has 1 atom stereocenters. The number of aromatic nitrogens is 2. The fraction of sp³-hybridized carbons (Fsp3) is 0.206. The molecule has 6 nitrogen and oxygen atoms in total. The maximum Gasteiger partial charge on any atom is 0.416 e. The first kappa shape index (κ1) is 31.5. The summed E-state index contributed by atoms with van der Waals surface area (Å²) in [5.41, 5.74) is 0.0958. The summed E-state index contributed by atoms with van der Waals surface area (Å²) in [5, 5.41) is 4.09. The summed E-state index contributed by atoms with van der Waals surface area (Å²) in [5.74, 6) is -1.04. The number of nitrogens with one attached hydrogen (secondary N) is 1. The number of carbonyl (C=O) groups excluding carboxylic acids is 1. The van der Waals surface area contributed by atoms with E-state index in [-0.39, 0.29) is 25.1 Å². The van der Waals surface area contributed by atoms with Crippen molar-refractivity contribution in [2.45, 2.75) is 37.7 Å². The van der Waals surface area contributed by atoms with Crippen molar-refractivity contribution in [3.8, 4) is 0 Å². The summed E-state index contributed by atoms with van der Waals surface area (Å²) in [6.45, 7) is 0.782. The van der Waals surface area contributed by atoms with Gasteiger partial charge in [-0.1, -0.05) is 83.6 Å². The number of carbonyl (C=O) groups is 1. The largest absolute Gasteiger partial charge is 0.445 e. The highest BCUT2D eigenvalue weighted by molar-refractivity contribution is 7.15. The Morgan fingerprint density at radius 3 is 2.33 bits per heavy atom. The van der Waals surface area contributed by atoms with Crippen LogP contribution < -0.4 is 5.32 Å². The molecule has 0 fully saturated rings. The minimum atomic E-state index is -4.79. The second kappa shape index (κ2) is 13.1. The SMILES string of the molecule is O=C(OCc1ccccc1)N1CCc2nc(NC(Cc3ccccc3)(c3cc(F)cc(C(F)(F)F)c3)c3ccc(Cl)cn3)sc2C1. The molecular formula is C34H27ClF4N4O2S. The first-order valence-electron chi connectivity index (χ1n) is 14.4. The average Bonchev–Trinajstić information content (AvgIpc) is 3.45. The Hall–Kier alpha value is -4.48. The average molecular weight is 667 g/mol. The second-order valence-corrected chi connectivity index (χ2v) is 12.4. The van der Waals surface area contributed by atoms with Crippen LogP contribution in [0.1, 0.15) is 38.5 Å². The molecule has 1 N–H and O–H groups in total. The summed E-state index contributed by atoms with van der Waals surface area (Å²) >= 11 is 7.43. The lowest BCUT2D eigenvalue weighted by Gasteiger charge is -2.36. The van der Waals surface area contributed by atoms with E-state index in [4.69, 9.17) is 21.3 Å². The third-order valence-electron chi connectivity index (χ3n) is 7.71. The van der Waals surface area contributed by atoms with Gasteiger partial charge in [-0.05, 0) is 47.0 Å². The van der Waals surface area contributed by atoms with Crippen LogP contribution in [-0.2, 0) is 42.4 Å². The molecule has 3 heterocycles. The monoisotopic (exact) mass is 666 g/mol. The molecule has 0 bridgehead atoms. The maximum atomic E-state index is 15.0. The number of ether oxygens (including phenoxy) is 1. The van der Waals surface area contributed by atoms with Gasteiger partial charge in [0, 0.05) is 30.5 Å². The van der Waals surface area contributed by atoms with Crippen LogP contribution in [0.2, 0.25) is 5.02 Å². The number of halogens is 5. The Kier molecular flexibility index (Phi) is 8.97. The van der Waals surface area contributed by atoms with Crippen molar-refractivity contribution in [2.75, 3.05) is 11.9 Å². The Bertz CT molecular complexity index is 1820. The van der Waals surface area contributed by atoms with Crippen molar-refractivity contribution < 1.29 is 27.1 Å². The molecule has 46 heavy (non-hydrogen) atoms. The van der Waals surface area contributed by atoms with Crippen LogP contribution in [0.3, 0.4) is 0 Å². The highest BCUT2D eigenvalue weighted by atomic mass is 35.5. The Morgan fingerprint density at radius 1 is 0.957 bits per heavy atom. The standard InChI is InChI=1S/C34H27ClF4N4O2S/c35-26-11-12-30(40-19-26)33(18-22-7-3-1-4-8-22,24-15-25(34(37,38)39)17-27(36)16-24)42-31-41-28-13-14-43(20-29(28)46-31)32(44)45-21-23-9-5-2-6-10-23/h1-12,15-17,19H,13-14,18,20-21H2,(H,41,42). The molecule has 2 aromatic heterocycles. The third kappa shape index (κ3) is 7.00. The van der Waals surface area contributed by atoms with Gasteiger partial charge in [0.25, 0.3) is 0 Å². The number of rotatable bonds is 8. The molecule has 0 spiro atoms. The van der Waals surface area contributed by atoms with Gasteiger partial charge in [-0.15, -0.1) is 0 Å². The third-order valence-corrected chi connectivity index (χ3v) is 8.93. The number of alkyl halides is 3. The lowest BCUT2D eigenvalue weighted by molar-refractivity contribution is -0.137. The molecule has 1 unspecified atom stereocenters. The van der Waals surface area contributed by atoms with Crippen molar-refractivity contribution in [2.24, 2.45) is 0 Å². The van der Waals surface area contributed by atoms with Crippen molar-refractivity contribution in [1.29, 1.82) is 0 Å². The van der Waals surface area contributed by atoms with Crippen molar-refractivity contribution in [3.05, 3.63) is 147 Å². The Balaban J connectivity index is 1.37. The van der Waals surface area contributed by atoms with Gasteiger partial charge < -0.3 is 15.0 Å². The van der Waals surface area contributed by atoms with Crippen molar-refractivity contribution in [1.82, 2.24) is 14.9 Å². The van der Waals surface area contributed by atoms with E-state index in [1.165, 1.54) is 17.5 Å². The lowest BCUT2D eigenvalue weighted by atomic mass is 9.80. The van der Waals surface area contributed by atoms with Crippen LogP contribution in [0.5, 0.6) is 0 Å². The summed E-state index contributed by atoms with van der Waals surface area (Å²) in [4.78, 5) is 24.6. The number of pyridine rings is 1. The van der Waals surface area contributed by atoms with Gasteiger partial charge in [0.05, 0.1) is 28.5 Å². The zero-order chi connectivity index (χ0) is 32.3. The number of benzene rings is 3. The second-order valence-electron chi connectivity index (χ2n) is 10.9. The number of hydrogen-bond donors (Lipinski definition) is 1. The van der Waals surface area contributed by atoms with E-state index in [0.717, 1.165) is 33.8 Å². The Labute approximate surface area is 271 Å². The number of amides is 1. The summed E-state index contributed by atoms with van der Waals surface area (Å²) in [6, 6.07) is 24.2. The van der Waals surface area contributed by atoms with Gasteiger partial charge >= 0.3 is 12.3 Å². The van der Waals surface area contributed by atoms with Crippen molar-refractivity contribution >= 4 is 34.2 Å². The zero-order valence-electron chi connectivity index (χ0n) is 24.2. The van der Waals surface area contributed by atoms with E-state index in [1.54, 1.807) is 17.0 Å². The van der Waals surface area contributed by atoms with Crippen molar-refractivity contribution in [3.63, 3.8) is 0 Å². The molecule has 236 valence electrons. The van der Waals surface area contributed by atoms with Gasteiger partial charge in [0.2, 0.25) is 0 Å². The minimum Gasteiger partial charge on any atom is -0.445 e. The topological polar surface area (TPSA) is 67.3 Å². The van der Waals surface area contributed by atoms with Crippen LogP contribution in [0.25, 0.3) is 0 Å². The van der Waals surface area contributed by atoms with Gasteiger partial charge in [-0.25, -0.2) is 14.2 Å².